The molecule has 2 amide bonds. The van der Waals surface area contributed by atoms with E-state index in [2.05, 4.69) is 69.6 Å². The first-order valence-corrected chi connectivity index (χ1v) is 15.1. The van der Waals surface area contributed by atoms with Crippen molar-refractivity contribution < 1.29 is 9.59 Å². The molecular formula is C34H40N6O2. The number of aromatic amines is 1. The van der Waals surface area contributed by atoms with Crippen LogP contribution >= 0.6 is 0 Å². The Bertz CT molecular complexity index is 1520. The molecule has 4 aromatic rings. The van der Waals surface area contributed by atoms with Crippen molar-refractivity contribution in [1.82, 2.24) is 20.2 Å². The van der Waals surface area contributed by atoms with Crippen molar-refractivity contribution in [1.29, 1.82) is 0 Å². The van der Waals surface area contributed by atoms with Gasteiger partial charge in [-0.25, -0.2) is 4.98 Å². The summed E-state index contributed by atoms with van der Waals surface area (Å²) in [6, 6.07) is 23.5. The molecule has 8 heteroatoms. The number of rotatable bonds is 8. The molecule has 4 N–H and O–H groups in total. The topological polar surface area (TPSA) is 107 Å². The van der Waals surface area contributed by atoms with Crippen molar-refractivity contribution in [2.75, 3.05) is 38.1 Å². The van der Waals surface area contributed by atoms with E-state index in [1.807, 2.05) is 30.3 Å². The van der Waals surface area contributed by atoms with Crippen molar-refractivity contribution in [2.45, 2.75) is 44.1 Å². The van der Waals surface area contributed by atoms with Gasteiger partial charge in [0.25, 0.3) is 0 Å². The Balaban J connectivity index is 1.16. The van der Waals surface area contributed by atoms with Gasteiger partial charge in [-0.15, -0.1) is 0 Å². The van der Waals surface area contributed by atoms with Crippen molar-refractivity contribution in [2.24, 2.45) is 11.7 Å². The number of hydrogen-bond donors (Lipinski definition) is 3. The number of imidazole rings is 1. The van der Waals surface area contributed by atoms with E-state index in [1.54, 1.807) is 0 Å². The number of nitrogens with two attached hydrogens (primary N) is 1. The van der Waals surface area contributed by atoms with Crippen LogP contribution < -0.4 is 16.0 Å². The number of piperazine rings is 1. The summed E-state index contributed by atoms with van der Waals surface area (Å²) in [7, 11) is 2.16. The first kappa shape index (κ1) is 28.0. The zero-order valence-corrected chi connectivity index (χ0v) is 24.3. The second-order valence-corrected chi connectivity index (χ2v) is 11.8. The first-order chi connectivity index (χ1) is 20.5. The van der Waals surface area contributed by atoms with Gasteiger partial charge in [-0.1, -0.05) is 79.6 Å². The van der Waals surface area contributed by atoms with Crippen molar-refractivity contribution in [3.63, 3.8) is 0 Å². The molecule has 42 heavy (non-hydrogen) atoms. The zero-order valence-electron chi connectivity index (χ0n) is 24.3. The van der Waals surface area contributed by atoms with E-state index in [-0.39, 0.29) is 17.7 Å². The molecule has 0 bridgehead atoms. The molecule has 1 aliphatic heterocycles. The molecule has 1 saturated carbocycles. The number of H-pyrrole nitrogens is 1. The van der Waals surface area contributed by atoms with Gasteiger partial charge >= 0.3 is 0 Å². The fourth-order valence-corrected chi connectivity index (χ4v) is 6.55. The molecule has 1 aliphatic carbocycles. The Labute approximate surface area is 247 Å². The van der Waals surface area contributed by atoms with E-state index in [0.717, 1.165) is 75.3 Å². The maximum absolute atomic E-state index is 13.5. The van der Waals surface area contributed by atoms with Gasteiger partial charge in [-0.3, -0.25) is 9.59 Å². The Kier molecular flexibility index (Phi) is 8.24. The number of aromatic nitrogens is 2. The summed E-state index contributed by atoms with van der Waals surface area (Å²) in [5.74, 6) is 0.221. The van der Waals surface area contributed by atoms with E-state index in [9.17, 15) is 9.59 Å². The largest absolute Gasteiger partial charge is 0.368 e. The van der Waals surface area contributed by atoms with Crippen molar-refractivity contribution >= 4 is 28.8 Å². The monoisotopic (exact) mass is 564 g/mol. The van der Waals surface area contributed by atoms with E-state index in [0.29, 0.717) is 5.56 Å². The molecule has 3 atom stereocenters. The Morgan fingerprint density at radius 1 is 0.952 bits per heavy atom. The number of carbonyl (C=O) groups excluding carboxylic acids is 2. The molecule has 1 aromatic heterocycles. The lowest BCUT2D eigenvalue weighted by Crippen LogP contribution is -2.44. The lowest BCUT2D eigenvalue weighted by Gasteiger charge is -2.32. The van der Waals surface area contributed by atoms with Gasteiger partial charge in [0.1, 0.15) is 6.04 Å². The molecule has 3 aromatic carbocycles. The van der Waals surface area contributed by atoms with Crippen LogP contribution in [0.1, 0.15) is 59.9 Å². The molecule has 2 heterocycles. The number of likely N-dealkylation sites (N-methyl/N-ethyl adjacent to an activating group) is 1. The number of para-hydroxylation sites is 1. The van der Waals surface area contributed by atoms with Gasteiger partial charge in [0.15, 0.2) is 0 Å². The van der Waals surface area contributed by atoms with Crippen LogP contribution in [0.25, 0.3) is 11.0 Å². The lowest BCUT2D eigenvalue weighted by molar-refractivity contribution is -0.131. The highest BCUT2D eigenvalue weighted by molar-refractivity contribution is 5.89. The summed E-state index contributed by atoms with van der Waals surface area (Å²) in [6.45, 7) is 4.03. The highest BCUT2D eigenvalue weighted by Gasteiger charge is 2.34. The van der Waals surface area contributed by atoms with Crippen molar-refractivity contribution in [3.8, 4) is 0 Å². The molecule has 2 aliphatic rings. The Morgan fingerprint density at radius 2 is 1.69 bits per heavy atom. The van der Waals surface area contributed by atoms with Crippen LogP contribution in [-0.4, -0.2) is 59.9 Å². The molecule has 1 saturated heterocycles. The van der Waals surface area contributed by atoms with Gasteiger partial charge < -0.3 is 25.8 Å². The van der Waals surface area contributed by atoms with Crippen molar-refractivity contribution in [3.05, 3.63) is 95.1 Å². The fraction of sp³-hybridized carbons (Fsp3) is 0.382. The van der Waals surface area contributed by atoms with Gasteiger partial charge in [-0.05, 0) is 60.5 Å². The number of benzene rings is 3. The van der Waals surface area contributed by atoms with Crippen LogP contribution in [0.3, 0.4) is 0 Å². The lowest BCUT2D eigenvalue weighted by atomic mass is 9.74. The van der Waals surface area contributed by atoms with Crippen LogP contribution in [0.2, 0.25) is 0 Å². The molecular weight excluding hydrogens is 524 g/mol. The Morgan fingerprint density at radius 3 is 2.43 bits per heavy atom. The second-order valence-electron chi connectivity index (χ2n) is 11.8. The summed E-state index contributed by atoms with van der Waals surface area (Å²) >= 11 is 0. The summed E-state index contributed by atoms with van der Waals surface area (Å²) in [4.78, 5) is 39.0. The minimum absolute atomic E-state index is 0.0993. The number of anilines is 1. The molecule has 2 fully saturated rings. The number of hydrogen-bond acceptors (Lipinski definition) is 5. The predicted octanol–water partition coefficient (Wildman–Crippen LogP) is 4.52. The van der Waals surface area contributed by atoms with E-state index >= 15 is 0 Å². The van der Waals surface area contributed by atoms with Gasteiger partial charge in [-0.2, -0.15) is 0 Å². The average molecular weight is 565 g/mol. The zero-order chi connectivity index (χ0) is 29.1. The molecule has 0 radical (unpaired) electrons. The fourth-order valence-electron chi connectivity index (χ4n) is 6.55. The molecule has 8 nitrogen and oxygen atoms in total. The summed E-state index contributed by atoms with van der Waals surface area (Å²) in [5, 5.41) is 2.96. The molecule has 0 spiro atoms. The quantitative estimate of drug-likeness (QED) is 0.292. The average Bonchev–Trinajstić information content (AvgIpc) is 3.46. The van der Waals surface area contributed by atoms with Crippen LogP contribution in [0.4, 0.5) is 5.95 Å². The number of nitrogens with one attached hydrogen (secondary N) is 2. The Hall–Kier alpha value is -4.17. The van der Waals surface area contributed by atoms with Gasteiger partial charge in [0.2, 0.25) is 17.8 Å². The van der Waals surface area contributed by atoms with Crippen LogP contribution in [-0.2, 0) is 16.0 Å². The van der Waals surface area contributed by atoms with Crippen LogP contribution in [0, 0.1) is 5.92 Å². The highest BCUT2D eigenvalue weighted by Crippen LogP contribution is 2.38. The van der Waals surface area contributed by atoms with Gasteiger partial charge in [0.05, 0.1) is 11.0 Å². The first-order valence-electron chi connectivity index (χ1n) is 15.1. The second kappa shape index (κ2) is 12.4. The normalized spacial score (nSPS) is 20.4. The minimum atomic E-state index is -0.829. The van der Waals surface area contributed by atoms with E-state index in [4.69, 9.17) is 10.7 Å². The number of primary amides is 1. The number of fused-ring (bicyclic) bond motifs is 1. The molecule has 3 unspecified atom stereocenters. The molecule has 218 valence electrons. The maximum Gasteiger partial charge on any atom is 0.244 e. The number of carbonyl (C=O) groups is 2. The van der Waals surface area contributed by atoms with Gasteiger partial charge in [0, 0.05) is 32.1 Å². The molecule has 6 rings (SSSR count). The van der Waals surface area contributed by atoms with Crippen LogP contribution in [0.15, 0.2) is 72.8 Å². The maximum atomic E-state index is 13.5. The van der Waals surface area contributed by atoms with E-state index in [1.165, 1.54) is 16.7 Å². The highest BCUT2D eigenvalue weighted by atomic mass is 16.2. The van der Waals surface area contributed by atoms with Crippen LogP contribution in [0.5, 0.6) is 0 Å². The van der Waals surface area contributed by atoms with E-state index < -0.39 is 11.9 Å². The SMILES string of the molecule is CN1CCN(c2nc3c(Cc4ccc(C5CCCCC5C(=O)NC(C(N)=O)c5ccccc5)cc4)cccc3[nH]2)CC1. The predicted molar refractivity (Wildman–Crippen MR) is 166 cm³/mol. The summed E-state index contributed by atoms with van der Waals surface area (Å²) in [5.41, 5.74) is 12.1. The summed E-state index contributed by atoms with van der Waals surface area (Å²) in [6.07, 6.45) is 4.63. The third kappa shape index (κ3) is 6.04. The summed E-state index contributed by atoms with van der Waals surface area (Å²) < 4.78 is 0. The third-order valence-electron chi connectivity index (χ3n) is 9.00. The standard InChI is InChI=1S/C34H40N6O2/c1-39-18-20-40(21-19-39)34-36-29-13-7-10-26(30(29)38-34)22-23-14-16-24(17-15-23)27-11-5-6-12-28(27)33(42)37-31(32(35)41)25-8-3-2-4-9-25/h2-4,7-10,13-17,27-28,31H,5-6,11-12,18-22H2,1H3,(H2,35,41)(H,36,38)(H,37,42). The number of nitrogens with zero attached hydrogens (tertiary/aromatic N) is 3. The minimum Gasteiger partial charge on any atom is -0.368 e. The smallest absolute Gasteiger partial charge is 0.244 e. The number of amides is 2. The third-order valence-corrected chi connectivity index (χ3v) is 9.00.